The van der Waals surface area contributed by atoms with Crippen LogP contribution in [0, 0.1) is 10.1 Å². The van der Waals surface area contributed by atoms with Gasteiger partial charge in [0.05, 0.1) is 10.5 Å². The van der Waals surface area contributed by atoms with Gasteiger partial charge in [0.1, 0.15) is 4.90 Å². The van der Waals surface area contributed by atoms with E-state index in [9.17, 15) is 28.1 Å². The summed E-state index contributed by atoms with van der Waals surface area (Å²) < 4.78 is 28.1. The third kappa shape index (κ3) is 6.66. The van der Waals surface area contributed by atoms with Crippen molar-refractivity contribution in [1.29, 1.82) is 0 Å². The largest absolute Gasteiger partial charge is 0.452 e. The first kappa shape index (κ1) is 23.0. The maximum absolute atomic E-state index is 12.1. The van der Waals surface area contributed by atoms with Crippen molar-refractivity contribution < 1.29 is 27.7 Å². The highest BCUT2D eigenvalue weighted by molar-refractivity contribution is 7.90. The van der Waals surface area contributed by atoms with Crippen LogP contribution in [-0.2, 0) is 25.8 Å². The Morgan fingerprint density at radius 2 is 1.83 bits per heavy atom. The predicted molar refractivity (Wildman–Crippen MR) is 109 cm³/mol. The predicted octanol–water partition coefficient (Wildman–Crippen LogP) is 2.29. The summed E-state index contributed by atoms with van der Waals surface area (Å²) in [4.78, 5) is 33.8. The van der Waals surface area contributed by atoms with Gasteiger partial charge in [-0.05, 0) is 37.5 Å². The molecule has 0 saturated carbocycles. The Hall–Kier alpha value is -3.27. The molecule has 9 nitrogen and oxygen atoms in total. The summed E-state index contributed by atoms with van der Waals surface area (Å²) in [6.45, 7) is 1.27. The van der Waals surface area contributed by atoms with Crippen molar-refractivity contribution in [2.45, 2.75) is 30.7 Å². The van der Waals surface area contributed by atoms with Gasteiger partial charge in [-0.25, -0.2) is 13.2 Å². The maximum atomic E-state index is 12.1. The van der Waals surface area contributed by atoms with Gasteiger partial charge in [0.15, 0.2) is 16.4 Å². The highest BCUT2D eigenvalue weighted by atomic mass is 32.2. The first-order valence-electron chi connectivity index (χ1n) is 9.07. The van der Waals surface area contributed by atoms with Crippen LogP contribution in [0.5, 0.6) is 0 Å². The van der Waals surface area contributed by atoms with E-state index in [-0.39, 0.29) is 11.6 Å². The topological polar surface area (TPSA) is 133 Å². The molecule has 0 heterocycles. The first-order valence-corrected chi connectivity index (χ1v) is 11.0. The van der Waals surface area contributed by atoms with Crippen molar-refractivity contribution in [3.63, 3.8) is 0 Å². The number of hydrogen-bond donors (Lipinski definition) is 1. The van der Waals surface area contributed by atoms with E-state index in [0.717, 1.165) is 36.4 Å². The molecule has 30 heavy (non-hydrogen) atoms. The minimum absolute atomic E-state index is 0.147. The van der Waals surface area contributed by atoms with E-state index in [1.165, 1.54) is 0 Å². The molecule has 2 aromatic carbocycles. The van der Waals surface area contributed by atoms with Crippen molar-refractivity contribution in [3.05, 3.63) is 69.8 Å². The third-order valence-corrected chi connectivity index (χ3v) is 5.39. The summed E-state index contributed by atoms with van der Waals surface area (Å²) in [5.74, 6) is -1.48. The standard InChI is InChI=1S/C20H22N2O7S/c1-14(8-9-15-6-4-3-5-7-15)21-19(23)13-29-20(24)16-10-11-18(30(2,27)28)17(12-16)22(25)26/h3-7,10-12,14H,8-9,13H2,1-2H3,(H,21,23)/t14-/m0/s1. The number of benzene rings is 2. The fourth-order valence-corrected chi connectivity index (χ4v) is 3.56. The van der Waals surface area contributed by atoms with Gasteiger partial charge in [0.2, 0.25) is 0 Å². The number of sulfone groups is 1. The second kappa shape index (κ2) is 9.97. The molecule has 2 aromatic rings. The summed E-state index contributed by atoms with van der Waals surface area (Å²) >= 11 is 0. The molecule has 1 atom stereocenters. The SMILES string of the molecule is C[C@@H](CCc1ccccc1)NC(=O)COC(=O)c1ccc(S(C)(=O)=O)c([N+](=O)[O-])c1. The zero-order chi connectivity index (χ0) is 22.3. The molecule has 2 rings (SSSR count). The molecule has 0 aliphatic carbocycles. The second-order valence-corrected chi connectivity index (χ2v) is 8.76. The van der Waals surface area contributed by atoms with Gasteiger partial charge < -0.3 is 10.1 Å². The number of aryl methyl sites for hydroxylation is 1. The average Bonchev–Trinajstić information content (AvgIpc) is 2.70. The van der Waals surface area contributed by atoms with Gasteiger partial charge in [-0.2, -0.15) is 0 Å². The molecule has 0 saturated heterocycles. The molecule has 160 valence electrons. The highest BCUT2D eigenvalue weighted by Gasteiger charge is 2.24. The van der Waals surface area contributed by atoms with E-state index in [1.54, 1.807) is 0 Å². The number of carbonyl (C=O) groups is 2. The number of hydrogen-bond acceptors (Lipinski definition) is 7. The highest BCUT2D eigenvalue weighted by Crippen LogP contribution is 2.25. The summed E-state index contributed by atoms with van der Waals surface area (Å²) in [5.41, 5.74) is 0.189. The number of nitro groups is 1. The Kier molecular flexibility index (Phi) is 7.65. The molecule has 0 spiro atoms. The second-order valence-electron chi connectivity index (χ2n) is 6.78. The van der Waals surface area contributed by atoms with Crippen LogP contribution >= 0.6 is 0 Å². The minimum atomic E-state index is -3.84. The number of nitrogens with zero attached hydrogens (tertiary/aromatic N) is 1. The maximum Gasteiger partial charge on any atom is 0.338 e. The Morgan fingerprint density at radius 3 is 2.43 bits per heavy atom. The van der Waals surface area contributed by atoms with E-state index in [4.69, 9.17) is 4.74 Å². The van der Waals surface area contributed by atoms with E-state index in [1.807, 2.05) is 37.3 Å². The molecule has 0 bridgehead atoms. The normalized spacial score (nSPS) is 12.1. The molecule has 1 amide bonds. The summed E-state index contributed by atoms with van der Waals surface area (Å²) in [6.07, 6.45) is 2.30. The monoisotopic (exact) mass is 434 g/mol. The van der Waals surface area contributed by atoms with Crippen LogP contribution in [0.4, 0.5) is 5.69 Å². The lowest BCUT2D eigenvalue weighted by atomic mass is 10.1. The van der Waals surface area contributed by atoms with Crippen LogP contribution in [-0.4, -0.2) is 44.1 Å². The van der Waals surface area contributed by atoms with Crippen molar-refractivity contribution in [2.75, 3.05) is 12.9 Å². The Morgan fingerprint density at radius 1 is 1.17 bits per heavy atom. The van der Waals surface area contributed by atoms with E-state index < -0.39 is 43.8 Å². The fraction of sp³-hybridized carbons (Fsp3) is 0.300. The van der Waals surface area contributed by atoms with Gasteiger partial charge in [0.25, 0.3) is 11.6 Å². The zero-order valence-corrected chi connectivity index (χ0v) is 17.3. The van der Waals surface area contributed by atoms with Crippen LogP contribution in [0.2, 0.25) is 0 Å². The van der Waals surface area contributed by atoms with Gasteiger partial charge in [-0.3, -0.25) is 14.9 Å². The Balaban J connectivity index is 1.91. The average molecular weight is 434 g/mol. The zero-order valence-electron chi connectivity index (χ0n) is 16.5. The molecular weight excluding hydrogens is 412 g/mol. The summed E-state index contributed by atoms with van der Waals surface area (Å²) in [5, 5.41) is 13.8. The van der Waals surface area contributed by atoms with Crippen LogP contribution in [0.15, 0.2) is 53.4 Å². The fourth-order valence-electron chi connectivity index (χ4n) is 2.73. The molecule has 0 unspecified atom stereocenters. The molecule has 1 N–H and O–H groups in total. The Bertz CT molecular complexity index is 1040. The molecule has 10 heteroatoms. The first-order chi connectivity index (χ1) is 14.1. The van der Waals surface area contributed by atoms with Gasteiger partial charge in [-0.15, -0.1) is 0 Å². The van der Waals surface area contributed by atoms with Crippen molar-refractivity contribution in [3.8, 4) is 0 Å². The lowest BCUT2D eigenvalue weighted by molar-refractivity contribution is -0.387. The van der Waals surface area contributed by atoms with Crippen LogP contribution in [0.1, 0.15) is 29.3 Å². The number of nitro benzene ring substituents is 1. The lowest BCUT2D eigenvalue weighted by Crippen LogP contribution is -2.36. The number of nitrogens with one attached hydrogen (secondary N) is 1. The van der Waals surface area contributed by atoms with Crippen molar-refractivity contribution in [2.24, 2.45) is 0 Å². The molecule has 0 aromatic heterocycles. The number of esters is 1. The summed E-state index contributed by atoms with van der Waals surface area (Å²) in [6, 6.07) is 12.5. The smallest absolute Gasteiger partial charge is 0.338 e. The van der Waals surface area contributed by atoms with E-state index in [0.29, 0.717) is 6.42 Å². The van der Waals surface area contributed by atoms with Crippen LogP contribution < -0.4 is 5.32 Å². The van der Waals surface area contributed by atoms with Gasteiger partial charge in [0, 0.05) is 18.4 Å². The van der Waals surface area contributed by atoms with E-state index >= 15 is 0 Å². The van der Waals surface area contributed by atoms with Crippen LogP contribution in [0.25, 0.3) is 0 Å². The minimum Gasteiger partial charge on any atom is -0.452 e. The van der Waals surface area contributed by atoms with Gasteiger partial charge >= 0.3 is 5.97 Å². The summed E-state index contributed by atoms with van der Waals surface area (Å²) in [7, 11) is -3.84. The molecule has 0 fully saturated rings. The molecule has 0 aliphatic heterocycles. The number of carbonyl (C=O) groups excluding carboxylic acids is 2. The number of rotatable bonds is 9. The molecule has 0 aliphatic rings. The third-order valence-electron chi connectivity index (χ3n) is 4.24. The Labute approximate surface area is 174 Å². The van der Waals surface area contributed by atoms with E-state index in [2.05, 4.69) is 5.32 Å². The number of amides is 1. The van der Waals surface area contributed by atoms with Crippen molar-refractivity contribution in [1.82, 2.24) is 5.32 Å². The molecular formula is C20H22N2O7S. The lowest BCUT2D eigenvalue weighted by Gasteiger charge is -2.14. The van der Waals surface area contributed by atoms with Gasteiger partial charge in [-0.1, -0.05) is 30.3 Å². The quantitative estimate of drug-likeness (QED) is 0.364. The van der Waals surface area contributed by atoms with Crippen LogP contribution in [0.3, 0.4) is 0 Å². The number of ether oxygens (including phenoxy) is 1. The van der Waals surface area contributed by atoms with Crippen molar-refractivity contribution >= 4 is 27.4 Å². The molecule has 0 radical (unpaired) electrons.